The molecule has 0 unspecified atom stereocenters. The van der Waals surface area contributed by atoms with Crippen molar-refractivity contribution in [1.82, 2.24) is 9.62 Å². The highest BCUT2D eigenvalue weighted by molar-refractivity contribution is 7.89. The molecule has 6 nitrogen and oxygen atoms in total. The lowest BCUT2D eigenvalue weighted by Gasteiger charge is -2.34. The molecule has 27 heavy (non-hydrogen) atoms. The van der Waals surface area contributed by atoms with Gasteiger partial charge in [0.1, 0.15) is 10.6 Å². The molecule has 1 fully saturated rings. The summed E-state index contributed by atoms with van der Waals surface area (Å²) >= 11 is 1.64. The quantitative estimate of drug-likeness (QED) is 0.760. The minimum Gasteiger partial charge on any atom is -0.495 e. The van der Waals surface area contributed by atoms with E-state index in [1.54, 1.807) is 23.5 Å². The van der Waals surface area contributed by atoms with Crippen LogP contribution in [0.5, 0.6) is 5.75 Å². The molecule has 3 rings (SSSR count). The third-order valence-electron chi connectivity index (χ3n) is 4.89. The van der Waals surface area contributed by atoms with Gasteiger partial charge in [-0.05, 0) is 48.6 Å². The molecule has 2 aromatic rings. The predicted octanol–water partition coefficient (Wildman–Crippen LogP) is 2.73. The first-order valence-corrected chi connectivity index (χ1v) is 11.3. The SMILES string of the molecule is COc1cc(C)c(C)cc1S(=O)(=O)NC[C@@H](c1cccs1)N1CCOCC1. The lowest BCUT2D eigenvalue weighted by atomic mass is 10.1. The Morgan fingerprint density at radius 1 is 1.26 bits per heavy atom. The topological polar surface area (TPSA) is 67.9 Å². The second-order valence-electron chi connectivity index (χ2n) is 6.62. The van der Waals surface area contributed by atoms with Crippen LogP contribution in [0.1, 0.15) is 22.0 Å². The van der Waals surface area contributed by atoms with E-state index < -0.39 is 10.0 Å². The molecule has 1 aliphatic rings. The summed E-state index contributed by atoms with van der Waals surface area (Å²) in [5.41, 5.74) is 1.91. The zero-order chi connectivity index (χ0) is 19.4. The maximum absolute atomic E-state index is 13.0. The molecule has 1 saturated heterocycles. The number of hydrogen-bond acceptors (Lipinski definition) is 6. The smallest absolute Gasteiger partial charge is 0.244 e. The van der Waals surface area contributed by atoms with Crippen molar-refractivity contribution in [2.24, 2.45) is 0 Å². The predicted molar refractivity (Wildman–Crippen MR) is 107 cm³/mol. The molecule has 0 saturated carbocycles. The summed E-state index contributed by atoms with van der Waals surface area (Å²) < 4.78 is 39.6. The third kappa shape index (κ3) is 4.70. The number of thiophene rings is 1. The Bertz CT molecular complexity index is 860. The number of morpholine rings is 1. The molecule has 2 heterocycles. The average molecular weight is 411 g/mol. The Morgan fingerprint density at radius 3 is 2.59 bits per heavy atom. The van der Waals surface area contributed by atoms with Crippen molar-refractivity contribution in [3.63, 3.8) is 0 Å². The van der Waals surface area contributed by atoms with Gasteiger partial charge in [0.2, 0.25) is 10.0 Å². The van der Waals surface area contributed by atoms with Gasteiger partial charge < -0.3 is 9.47 Å². The zero-order valence-corrected chi connectivity index (χ0v) is 17.5. The molecule has 0 spiro atoms. The first-order valence-electron chi connectivity index (χ1n) is 8.92. The van der Waals surface area contributed by atoms with E-state index in [9.17, 15) is 8.42 Å². The van der Waals surface area contributed by atoms with Crippen LogP contribution in [-0.4, -0.2) is 53.3 Å². The number of ether oxygens (including phenoxy) is 2. The fraction of sp³-hybridized carbons (Fsp3) is 0.474. The van der Waals surface area contributed by atoms with Crippen LogP contribution in [0, 0.1) is 13.8 Å². The van der Waals surface area contributed by atoms with Gasteiger partial charge in [-0.3, -0.25) is 4.90 Å². The Morgan fingerprint density at radius 2 is 1.96 bits per heavy atom. The van der Waals surface area contributed by atoms with Crippen LogP contribution in [0.25, 0.3) is 0 Å². The van der Waals surface area contributed by atoms with Crippen molar-refractivity contribution in [3.05, 3.63) is 45.6 Å². The maximum Gasteiger partial charge on any atom is 0.244 e. The van der Waals surface area contributed by atoms with Crippen LogP contribution in [0.4, 0.5) is 0 Å². The van der Waals surface area contributed by atoms with Crippen molar-refractivity contribution in [2.45, 2.75) is 24.8 Å². The van der Waals surface area contributed by atoms with E-state index in [0.717, 1.165) is 29.1 Å². The molecule has 8 heteroatoms. The number of nitrogens with zero attached hydrogens (tertiary/aromatic N) is 1. The molecule has 0 aliphatic carbocycles. The lowest BCUT2D eigenvalue weighted by Crippen LogP contribution is -2.43. The van der Waals surface area contributed by atoms with E-state index in [1.165, 1.54) is 7.11 Å². The number of rotatable bonds is 7. The molecule has 1 aromatic carbocycles. The Hall–Kier alpha value is -1.45. The molecule has 148 valence electrons. The van der Waals surface area contributed by atoms with E-state index >= 15 is 0 Å². The van der Waals surface area contributed by atoms with Crippen LogP contribution in [0.2, 0.25) is 0 Å². The summed E-state index contributed by atoms with van der Waals surface area (Å²) in [6.45, 7) is 7.05. The Labute approximate surface area is 165 Å². The standard InChI is InChI=1S/C19H26N2O4S2/c1-14-11-17(24-3)19(12-15(14)2)27(22,23)20-13-16(18-5-4-10-26-18)21-6-8-25-9-7-21/h4-5,10-12,16,20H,6-9,13H2,1-3H3/t16-/m0/s1. The normalized spacial score (nSPS) is 17.0. The van der Waals surface area contributed by atoms with Crippen LogP contribution in [0.15, 0.2) is 34.5 Å². The molecule has 0 bridgehead atoms. The summed E-state index contributed by atoms with van der Waals surface area (Å²) in [7, 11) is -2.20. The highest BCUT2D eigenvalue weighted by atomic mass is 32.2. The number of sulfonamides is 1. The fourth-order valence-electron chi connectivity index (χ4n) is 3.18. The van der Waals surface area contributed by atoms with E-state index in [-0.39, 0.29) is 10.9 Å². The number of methoxy groups -OCH3 is 1. The molecule has 0 radical (unpaired) electrons. The second kappa shape index (κ2) is 8.70. The van der Waals surface area contributed by atoms with Crippen molar-refractivity contribution < 1.29 is 17.9 Å². The van der Waals surface area contributed by atoms with Gasteiger partial charge in [0.05, 0.1) is 26.4 Å². The van der Waals surface area contributed by atoms with Crippen molar-refractivity contribution in [1.29, 1.82) is 0 Å². The third-order valence-corrected chi connectivity index (χ3v) is 7.31. The minimum atomic E-state index is -3.70. The van der Waals surface area contributed by atoms with Crippen LogP contribution >= 0.6 is 11.3 Å². The van der Waals surface area contributed by atoms with Gasteiger partial charge in [-0.1, -0.05) is 6.07 Å². The van der Waals surface area contributed by atoms with E-state index in [2.05, 4.69) is 15.7 Å². The minimum absolute atomic E-state index is 0.0128. The highest BCUT2D eigenvalue weighted by Crippen LogP contribution is 2.29. The zero-order valence-electron chi connectivity index (χ0n) is 15.9. The van der Waals surface area contributed by atoms with Gasteiger partial charge in [0.15, 0.2) is 0 Å². The first kappa shape index (κ1) is 20.3. The lowest BCUT2D eigenvalue weighted by molar-refractivity contribution is 0.0179. The monoisotopic (exact) mass is 410 g/mol. The number of hydrogen-bond donors (Lipinski definition) is 1. The maximum atomic E-state index is 13.0. The van der Waals surface area contributed by atoms with Crippen LogP contribution in [0.3, 0.4) is 0 Å². The molecule has 1 aliphatic heterocycles. The molecular weight excluding hydrogens is 384 g/mol. The number of aryl methyl sites for hydroxylation is 2. The van der Waals surface area contributed by atoms with Gasteiger partial charge in [-0.25, -0.2) is 13.1 Å². The van der Waals surface area contributed by atoms with E-state index in [1.807, 2.05) is 25.3 Å². The highest BCUT2D eigenvalue weighted by Gasteiger charge is 2.27. The summed E-state index contributed by atoms with van der Waals surface area (Å²) in [5.74, 6) is 0.365. The summed E-state index contributed by atoms with van der Waals surface area (Å²) in [6.07, 6.45) is 0. The molecule has 1 aromatic heterocycles. The van der Waals surface area contributed by atoms with Crippen molar-refractivity contribution in [3.8, 4) is 5.75 Å². The molecule has 1 N–H and O–H groups in total. The molecular formula is C19H26N2O4S2. The number of benzene rings is 1. The van der Waals surface area contributed by atoms with Gasteiger partial charge in [-0.15, -0.1) is 11.3 Å². The average Bonchev–Trinajstić information content (AvgIpc) is 3.19. The Balaban J connectivity index is 1.83. The van der Waals surface area contributed by atoms with Gasteiger partial charge in [-0.2, -0.15) is 0 Å². The summed E-state index contributed by atoms with van der Waals surface area (Å²) in [5, 5.41) is 2.02. The first-order chi connectivity index (χ1) is 12.9. The summed E-state index contributed by atoms with van der Waals surface area (Å²) in [4.78, 5) is 3.60. The second-order valence-corrected chi connectivity index (χ2v) is 9.33. The van der Waals surface area contributed by atoms with Crippen LogP contribution in [-0.2, 0) is 14.8 Å². The van der Waals surface area contributed by atoms with E-state index in [0.29, 0.717) is 25.5 Å². The molecule has 0 amide bonds. The van der Waals surface area contributed by atoms with Gasteiger partial charge >= 0.3 is 0 Å². The number of nitrogens with one attached hydrogen (secondary N) is 1. The van der Waals surface area contributed by atoms with Gasteiger partial charge in [0, 0.05) is 24.5 Å². The van der Waals surface area contributed by atoms with Crippen molar-refractivity contribution >= 4 is 21.4 Å². The largest absolute Gasteiger partial charge is 0.495 e. The van der Waals surface area contributed by atoms with Crippen molar-refractivity contribution in [2.75, 3.05) is 40.0 Å². The van der Waals surface area contributed by atoms with Gasteiger partial charge in [0.25, 0.3) is 0 Å². The Kier molecular flexibility index (Phi) is 6.54. The fourth-order valence-corrected chi connectivity index (χ4v) is 5.31. The summed E-state index contributed by atoms with van der Waals surface area (Å²) in [6, 6.07) is 7.47. The van der Waals surface area contributed by atoms with E-state index in [4.69, 9.17) is 9.47 Å². The molecule has 1 atom stereocenters. The van der Waals surface area contributed by atoms with Crippen LogP contribution < -0.4 is 9.46 Å².